The van der Waals surface area contributed by atoms with Gasteiger partial charge >= 0.3 is 0 Å². The molecule has 0 spiro atoms. The summed E-state index contributed by atoms with van der Waals surface area (Å²) in [6, 6.07) is 8.90. The van der Waals surface area contributed by atoms with E-state index in [0.29, 0.717) is 0 Å². The van der Waals surface area contributed by atoms with Gasteiger partial charge in [-0.1, -0.05) is 18.9 Å². The average molecular weight is 271 g/mol. The Morgan fingerprint density at radius 1 is 1.35 bits per heavy atom. The fourth-order valence-corrected chi connectivity index (χ4v) is 2.97. The van der Waals surface area contributed by atoms with E-state index in [-0.39, 0.29) is 0 Å². The second-order valence-corrected chi connectivity index (χ2v) is 5.85. The van der Waals surface area contributed by atoms with E-state index in [1.165, 1.54) is 36.8 Å². The van der Waals surface area contributed by atoms with Gasteiger partial charge in [0.05, 0.1) is 11.6 Å². The molecule has 0 amide bonds. The molecule has 1 aromatic rings. The van der Waals surface area contributed by atoms with E-state index >= 15 is 0 Å². The van der Waals surface area contributed by atoms with Gasteiger partial charge in [0.2, 0.25) is 0 Å². The van der Waals surface area contributed by atoms with Gasteiger partial charge in [0.15, 0.2) is 0 Å². The van der Waals surface area contributed by atoms with Crippen LogP contribution in [0.4, 0.5) is 0 Å². The van der Waals surface area contributed by atoms with Crippen molar-refractivity contribution in [3.63, 3.8) is 0 Å². The molecule has 0 aromatic heterocycles. The smallest absolute Gasteiger partial charge is 0.0991 e. The molecular weight excluding hydrogens is 246 g/mol. The molecule has 108 valence electrons. The van der Waals surface area contributed by atoms with Crippen LogP contribution in [0.5, 0.6) is 0 Å². The lowest BCUT2D eigenvalue weighted by Gasteiger charge is -2.24. The van der Waals surface area contributed by atoms with E-state index in [1.807, 2.05) is 12.1 Å². The summed E-state index contributed by atoms with van der Waals surface area (Å²) in [5.74, 6) is 0. The first-order valence-corrected chi connectivity index (χ1v) is 7.61. The van der Waals surface area contributed by atoms with Gasteiger partial charge in [-0.2, -0.15) is 5.26 Å². The molecule has 0 unspecified atom stereocenters. The summed E-state index contributed by atoms with van der Waals surface area (Å²) < 4.78 is 0. The first kappa shape index (κ1) is 15.0. The predicted octanol–water partition coefficient (Wildman–Crippen LogP) is 2.83. The molecule has 1 aliphatic rings. The van der Waals surface area contributed by atoms with Crippen molar-refractivity contribution < 1.29 is 0 Å². The maximum Gasteiger partial charge on any atom is 0.0991 e. The molecule has 0 bridgehead atoms. The van der Waals surface area contributed by atoms with E-state index in [9.17, 15) is 0 Å². The van der Waals surface area contributed by atoms with Crippen LogP contribution in [-0.2, 0) is 6.54 Å². The van der Waals surface area contributed by atoms with Gasteiger partial charge in [0.1, 0.15) is 0 Å². The Bertz CT molecular complexity index is 470. The predicted molar refractivity (Wildman–Crippen MR) is 82.5 cm³/mol. The molecule has 1 aromatic carbocycles. The van der Waals surface area contributed by atoms with Crippen molar-refractivity contribution >= 4 is 0 Å². The fraction of sp³-hybridized carbons (Fsp3) is 0.588. The van der Waals surface area contributed by atoms with Gasteiger partial charge in [-0.15, -0.1) is 0 Å². The third kappa shape index (κ3) is 4.06. The zero-order valence-electron chi connectivity index (χ0n) is 12.7. The van der Waals surface area contributed by atoms with Crippen molar-refractivity contribution in [2.75, 3.05) is 20.1 Å². The Kier molecular flexibility index (Phi) is 5.58. The van der Waals surface area contributed by atoms with Crippen molar-refractivity contribution in [2.24, 2.45) is 0 Å². The minimum atomic E-state index is 0.743. The summed E-state index contributed by atoms with van der Waals surface area (Å²) >= 11 is 0. The first-order valence-electron chi connectivity index (χ1n) is 7.61. The van der Waals surface area contributed by atoms with Gasteiger partial charge in [-0.05, 0) is 50.1 Å². The van der Waals surface area contributed by atoms with Crippen LogP contribution in [0.2, 0.25) is 0 Å². The molecule has 1 N–H and O–H groups in total. The quantitative estimate of drug-likeness (QED) is 0.809. The summed E-state index contributed by atoms with van der Waals surface area (Å²) in [6.45, 7) is 5.09. The third-order valence-electron chi connectivity index (χ3n) is 4.38. The lowest BCUT2D eigenvalue weighted by Crippen LogP contribution is -2.35. The van der Waals surface area contributed by atoms with Crippen LogP contribution in [0.1, 0.15) is 42.4 Å². The van der Waals surface area contributed by atoms with Crippen LogP contribution >= 0.6 is 0 Å². The molecule has 0 radical (unpaired) electrons. The van der Waals surface area contributed by atoms with E-state index in [2.05, 4.69) is 36.3 Å². The van der Waals surface area contributed by atoms with Crippen LogP contribution in [0, 0.1) is 18.3 Å². The Labute approximate surface area is 122 Å². The zero-order chi connectivity index (χ0) is 14.4. The Hall–Kier alpha value is -1.37. The molecule has 0 heterocycles. The molecule has 2 rings (SSSR count). The zero-order valence-corrected chi connectivity index (χ0v) is 12.7. The monoisotopic (exact) mass is 271 g/mol. The number of nitrogens with zero attached hydrogens (tertiary/aromatic N) is 2. The molecule has 0 aliphatic heterocycles. The average Bonchev–Trinajstić information content (AvgIpc) is 2.98. The minimum absolute atomic E-state index is 0.743. The van der Waals surface area contributed by atoms with Gasteiger partial charge in [-0.3, -0.25) is 0 Å². The summed E-state index contributed by atoms with van der Waals surface area (Å²) in [4.78, 5) is 2.49. The molecule has 0 atom stereocenters. The van der Waals surface area contributed by atoms with Gasteiger partial charge in [0, 0.05) is 25.7 Å². The van der Waals surface area contributed by atoms with E-state index in [1.54, 1.807) is 0 Å². The second kappa shape index (κ2) is 7.42. The Morgan fingerprint density at radius 3 is 2.75 bits per heavy atom. The third-order valence-corrected chi connectivity index (χ3v) is 4.38. The SMILES string of the molecule is Cc1cc(C#N)ccc1CNCCN(C)C1CCCC1. The Balaban J connectivity index is 1.72. The van der Waals surface area contributed by atoms with Crippen LogP contribution in [0.15, 0.2) is 18.2 Å². The van der Waals surface area contributed by atoms with Crippen molar-refractivity contribution in [3.05, 3.63) is 34.9 Å². The van der Waals surface area contributed by atoms with Crippen molar-refractivity contribution in [1.82, 2.24) is 10.2 Å². The highest BCUT2D eigenvalue weighted by molar-refractivity contribution is 5.37. The van der Waals surface area contributed by atoms with Crippen LogP contribution in [0.25, 0.3) is 0 Å². The maximum atomic E-state index is 8.86. The normalized spacial score (nSPS) is 15.7. The summed E-state index contributed by atoms with van der Waals surface area (Å²) in [6.07, 6.45) is 5.52. The number of hydrogen-bond acceptors (Lipinski definition) is 3. The number of nitrogens with one attached hydrogen (secondary N) is 1. The number of hydrogen-bond donors (Lipinski definition) is 1. The van der Waals surface area contributed by atoms with E-state index in [0.717, 1.165) is 31.2 Å². The summed E-state index contributed by atoms with van der Waals surface area (Å²) in [7, 11) is 2.24. The molecule has 1 aliphatic carbocycles. The Morgan fingerprint density at radius 2 is 2.10 bits per heavy atom. The fourth-order valence-electron chi connectivity index (χ4n) is 2.97. The first-order chi connectivity index (χ1) is 9.70. The van der Waals surface area contributed by atoms with Gasteiger partial charge in [-0.25, -0.2) is 0 Å². The van der Waals surface area contributed by atoms with Gasteiger partial charge in [0.25, 0.3) is 0 Å². The molecule has 1 saturated carbocycles. The lowest BCUT2D eigenvalue weighted by atomic mass is 10.1. The van der Waals surface area contributed by atoms with Crippen molar-refractivity contribution in [2.45, 2.75) is 45.2 Å². The van der Waals surface area contributed by atoms with Crippen molar-refractivity contribution in [3.8, 4) is 6.07 Å². The number of likely N-dealkylation sites (N-methyl/N-ethyl adjacent to an activating group) is 1. The second-order valence-electron chi connectivity index (χ2n) is 5.85. The largest absolute Gasteiger partial charge is 0.311 e. The highest BCUT2D eigenvalue weighted by Crippen LogP contribution is 2.21. The molecule has 1 fully saturated rings. The van der Waals surface area contributed by atoms with Crippen molar-refractivity contribution in [1.29, 1.82) is 5.26 Å². The molecule has 20 heavy (non-hydrogen) atoms. The topological polar surface area (TPSA) is 39.1 Å². The minimum Gasteiger partial charge on any atom is -0.311 e. The van der Waals surface area contributed by atoms with Crippen LogP contribution in [0.3, 0.4) is 0 Å². The highest BCUT2D eigenvalue weighted by Gasteiger charge is 2.18. The highest BCUT2D eigenvalue weighted by atomic mass is 15.1. The number of nitriles is 1. The number of rotatable bonds is 6. The molecule has 3 heteroatoms. The summed E-state index contributed by atoms with van der Waals surface area (Å²) in [5, 5.41) is 12.4. The van der Waals surface area contributed by atoms with E-state index in [4.69, 9.17) is 5.26 Å². The standard InChI is InChI=1S/C17H25N3/c1-14-11-15(12-18)7-8-16(14)13-19-9-10-20(2)17-5-3-4-6-17/h7-8,11,17,19H,3-6,9-10,13H2,1-2H3. The maximum absolute atomic E-state index is 8.86. The lowest BCUT2D eigenvalue weighted by molar-refractivity contribution is 0.245. The van der Waals surface area contributed by atoms with Crippen LogP contribution in [-0.4, -0.2) is 31.1 Å². The molecule has 0 saturated heterocycles. The van der Waals surface area contributed by atoms with E-state index < -0.39 is 0 Å². The van der Waals surface area contributed by atoms with Gasteiger partial charge < -0.3 is 10.2 Å². The van der Waals surface area contributed by atoms with Crippen LogP contribution < -0.4 is 5.32 Å². The summed E-state index contributed by atoms with van der Waals surface area (Å²) in [5.41, 5.74) is 3.22. The number of aryl methyl sites for hydroxylation is 1. The molecule has 3 nitrogen and oxygen atoms in total. The number of benzene rings is 1. The molecular formula is C17H25N3.